The minimum atomic E-state index is -1.71. The Kier molecular flexibility index (Phi) is 4.80. The fraction of sp³-hybridized carbons (Fsp3) is 0.133. The van der Waals surface area contributed by atoms with Gasteiger partial charge >= 0.3 is 5.97 Å². The van der Waals surface area contributed by atoms with Crippen LogP contribution < -0.4 is 0 Å². The Morgan fingerprint density at radius 1 is 1.10 bits per heavy atom. The fourth-order valence-electron chi connectivity index (χ4n) is 1.91. The van der Waals surface area contributed by atoms with Crippen LogP contribution in [0.3, 0.4) is 0 Å². The van der Waals surface area contributed by atoms with Crippen LogP contribution in [0.25, 0.3) is 0 Å². The van der Waals surface area contributed by atoms with Crippen molar-refractivity contribution in [2.75, 3.05) is 0 Å². The van der Waals surface area contributed by atoms with E-state index in [1.54, 1.807) is 24.3 Å². The van der Waals surface area contributed by atoms with Gasteiger partial charge in [0.15, 0.2) is 0 Å². The number of hydrogen-bond donors (Lipinski definition) is 1. The van der Waals surface area contributed by atoms with Crippen LogP contribution >= 0.6 is 0 Å². The lowest BCUT2D eigenvalue weighted by atomic mass is 10.1. The topological polar surface area (TPSA) is 54.4 Å². The summed E-state index contributed by atoms with van der Waals surface area (Å²) in [4.78, 5) is 10.7. The van der Waals surface area contributed by atoms with E-state index in [4.69, 9.17) is 5.11 Å². The highest BCUT2D eigenvalue weighted by Gasteiger charge is 2.14. The molecule has 0 fully saturated rings. The molecular formula is C15H12F2O3S. The monoisotopic (exact) mass is 310 g/mol. The maximum Gasteiger partial charge on any atom is 0.307 e. The molecule has 1 atom stereocenters. The second kappa shape index (κ2) is 6.58. The lowest BCUT2D eigenvalue weighted by Crippen LogP contribution is -2.06. The molecule has 1 N–H and O–H groups in total. The molecule has 0 amide bonds. The first-order valence-corrected chi connectivity index (χ1v) is 7.41. The van der Waals surface area contributed by atoms with Crippen LogP contribution in [0.1, 0.15) is 11.1 Å². The molecule has 110 valence electrons. The maximum absolute atomic E-state index is 13.6. The molecule has 0 aliphatic carbocycles. The summed E-state index contributed by atoms with van der Waals surface area (Å²) in [5.74, 6) is -2.63. The summed E-state index contributed by atoms with van der Waals surface area (Å²) in [5.41, 5.74) is 1.10. The number of hydrogen-bond acceptors (Lipinski definition) is 2. The van der Waals surface area contributed by atoms with Gasteiger partial charge in [0.2, 0.25) is 0 Å². The molecule has 1 unspecified atom stereocenters. The summed E-state index contributed by atoms with van der Waals surface area (Å²) in [6.45, 7) is 0. The van der Waals surface area contributed by atoms with E-state index in [1.165, 1.54) is 0 Å². The highest BCUT2D eigenvalue weighted by molar-refractivity contribution is 7.84. The van der Waals surface area contributed by atoms with Crippen molar-refractivity contribution in [2.24, 2.45) is 0 Å². The SMILES string of the molecule is O=C(O)Cc1ccccc1CS(=O)c1ccc(F)cc1F. The Morgan fingerprint density at radius 3 is 2.38 bits per heavy atom. The maximum atomic E-state index is 13.6. The highest BCUT2D eigenvalue weighted by Crippen LogP contribution is 2.19. The number of carboxylic acid groups (broad SMARTS) is 1. The summed E-state index contributed by atoms with van der Waals surface area (Å²) in [6, 6.07) is 9.51. The van der Waals surface area contributed by atoms with Crippen molar-refractivity contribution in [3.63, 3.8) is 0 Å². The second-order valence-corrected chi connectivity index (χ2v) is 5.82. The predicted octanol–water partition coefficient (Wildman–Crippen LogP) is 2.90. The van der Waals surface area contributed by atoms with Gasteiger partial charge in [-0.3, -0.25) is 9.00 Å². The number of halogens is 2. The van der Waals surface area contributed by atoms with E-state index < -0.39 is 28.4 Å². The van der Waals surface area contributed by atoms with Crippen molar-refractivity contribution in [1.29, 1.82) is 0 Å². The normalized spacial score (nSPS) is 12.1. The van der Waals surface area contributed by atoms with Gasteiger partial charge in [-0.1, -0.05) is 24.3 Å². The average Bonchev–Trinajstić information content (AvgIpc) is 2.40. The van der Waals surface area contributed by atoms with Gasteiger partial charge in [0, 0.05) is 6.07 Å². The summed E-state index contributed by atoms with van der Waals surface area (Å²) in [6.07, 6.45) is -0.195. The number of aliphatic carboxylic acids is 1. The van der Waals surface area contributed by atoms with Crippen molar-refractivity contribution in [3.8, 4) is 0 Å². The quantitative estimate of drug-likeness (QED) is 0.924. The molecule has 0 radical (unpaired) electrons. The molecule has 0 spiro atoms. The molecule has 0 heterocycles. The molecule has 0 saturated heterocycles. The second-order valence-electron chi connectivity index (χ2n) is 4.40. The molecular weight excluding hydrogens is 298 g/mol. The van der Waals surface area contributed by atoms with Crippen LogP contribution in [-0.4, -0.2) is 15.3 Å². The van der Waals surface area contributed by atoms with Crippen LogP contribution in [0.15, 0.2) is 47.4 Å². The van der Waals surface area contributed by atoms with E-state index in [1.807, 2.05) is 0 Å². The molecule has 2 aromatic rings. The Bertz CT molecular complexity index is 701. The zero-order valence-corrected chi connectivity index (χ0v) is 11.7. The molecule has 0 aliphatic rings. The van der Waals surface area contributed by atoms with Crippen molar-refractivity contribution < 1.29 is 22.9 Å². The van der Waals surface area contributed by atoms with Gasteiger partial charge in [-0.2, -0.15) is 0 Å². The minimum absolute atomic E-state index is 0.0218. The van der Waals surface area contributed by atoms with Gasteiger partial charge < -0.3 is 5.11 Å². The van der Waals surface area contributed by atoms with E-state index in [9.17, 15) is 17.8 Å². The Labute approximate surface area is 122 Å². The smallest absolute Gasteiger partial charge is 0.307 e. The van der Waals surface area contributed by atoms with E-state index in [0.717, 1.165) is 12.1 Å². The molecule has 0 aliphatic heterocycles. The van der Waals surface area contributed by atoms with Gasteiger partial charge in [0.05, 0.1) is 27.9 Å². The Hall–Kier alpha value is -2.08. The van der Waals surface area contributed by atoms with E-state index in [-0.39, 0.29) is 17.1 Å². The van der Waals surface area contributed by atoms with Crippen LogP contribution in [0.4, 0.5) is 8.78 Å². The molecule has 2 aromatic carbocycles. The Morgan fingerprint density at radius 2 is 1.76 bits per heavy atom. The fourth-order valence-corrected chi connectivity index (χ4v) is 3.13. The molecule has 0 bridgehead atoms. The Balaban J connectivity index is 2.25. The van der Waals surface area contributed by atoms with E-state index in [2.05, 4.69) is 0 Å². The molecule has 0 saturated carbocycles. The largest absolute Gasteiger partial charge is 0.481 e. The van der Waals surface area contributed by atoms with Crippen molar-refractivity contribution in [1.82, 2.24) is 0 Å². The van der Waals surface area contributed by atoms with Crippen LogP contribution in [0, 0.1) is 11.6 Å². The van der Waals surface area contributed by atoms with Crippen LogP contribution in [0.2, 0.25) is 0 Å². The first kappa shape index (κ1) is 15.3. The lowest BCUT2D eigenvalue weighted by Gasteiger charge is -2.08. The summed E-state index contributed by atoms with van der Waals surface area (Å²) in [7, 11) is -1.71. The number of rotatable bonds is 5. The zero-order valence-electron chi connectivity index (χ0n) is 10.9. The van der Waals surface area contributed by atoms with E-state index in [0.29, 0.717) is 17.2 Å². The van der Waals surface area contributed by atoms with Crippen LogP contribution in [-0.2, 0) is 27.8 Å². The minimum Gasteiger partial charge on any atom is -0.481 e. The molecule has 21 heavy (non-hydrogen) atoms. The highest BCUT2D eigenvalue weighted by atomic mass is 32.2. The first-order chi connectivity index (χ1) is 9.97. The third-order valence-corrected chi connectivity index (χ3v) is 4.28. The van der Waals surface area contributed by atoms with Crippen molar-refractivity contribution in [2.45, 2.75) is 17.1 Å². The van der Waals surface area contributed by atoms with Gasteiger partial charge in [-0.15, -0.1) is 0 Å². The lowest BCUT2D eigenvalue weighted by molar-refractivity contribution is -0.136. The third-order valence-electron chi connectivity index (χ3n) is 2.89. The average molecular weight is 310 g/mol. The van der Waals surface area contributed by atoms with Gasteiger partial charge in [-0.25, -0.2) is 8.78 Å². The zero-order chi connectivity index (χ0) is 15.4. The predicted molar refractivity (Wildman–Crippen MR) is 74.3 cm³/mol. The summed E-state index contributed by atoms with van der Waals surface area (Å²) < 4.78 is 38.6. The van der Waals surface area contributed by atoms with Crippen molar-refractivity contribution >= 4 is 16.8 Å². The molecule has 6 heteroatoms. The molecule has 0 aromatic heterocycles. The third kappa shape index (κ3) is 3.95. The van der Waals surface area contributed by atoms with E-state index >= 15 is 0 Å². The molecule has 2 rings (SSSR count). The number of carboxylic acids is 1. The van der Waals surface area contributed by atoms with Crippen LogP contribution in [0.5, 0.6) is 0 Å². The number of benzene rings is 2. The van der Waals surface area contributed by atoms with Gasteiger partial charge in [0.25, 0.3) is 0 Å². The van der Waals surface area contributed by atoms with Crippen molar-refractivity contribution in [3.05, 3.63) is 65.2 Å². The first-order valence-electron chi connectivity index (χ1n) is 6.09. The molecule has 3 nitrogen and oxygen atoms in total. The summed E-state index contributed by atoms with van der Waals surface area (Å²) in [5, 5.41) is 8.84. The number of carbonyl (C=O) groups is 1. The summed E-state index contributed by atoms with van der Waals surface area (Å²) >= 11 is 0. The van der Waals surface area contributed by atoms with Gasteiger partial charge in [0.1, 0.15) is 11.6 Å². The standard InChI is InChI=1S/C15H12F2O3S/c16-12-5-6-14(13(17)8-12)21(20)9-11-4-2-1-3-10(11)7-15(18)19/h1-6,8H,7,9H2,(H,18,19). The van der Waals surface area contributed by atoms with Gasteiger partial charge in [-0.05, 0) is 23.3 Å².